The van der Waals surface area contributed by atoms with Crippen LogP contribution >= 0.6 is 0 Å². The molecule has 0 aliphatic rings. The van der Waals surface area contributed by atoms with Gasteiger partial charge in [0.25, 0.3) is 0 Å². The lowest BCUT2D eigenvalue weighted by molar-refractivity contribution is -0.139. The van der Waals surface area contributed by atoms with E-state index in [2.05, 4.69) is 5.32 Å². The number of carbonyl (C=O) groups excluding carboxylic acids is 1. The van der Waals surface area contributed by atoms with Crippen molar-refractivity contribution in [3.63, 3.8) is 0 Å². The Hall–Kier alpha value is -3.15. The molecule has 2 atom stereocenters. The summed E-state index contributed by atoms with van der Waals surface area (Å²) in [6.07, 6.45) is 1.32. The normalized spacial score (nSPS) is 12.7. The molecule has 6 nitrogen and oxygen atoms in total. The van der Waals surface area contributed by atoms with E-state index in [1.54, 1.807) is 0 Å². The van der Waals surface area contributed by atoms with Gasteiger partial charge in [0, 0.05) is 6.54 Å². The van der Waals surface area contributed by atoms with Crippen LogP contribution in [0.15, 0.2) is 48.5 Å². The third-order valence-electron chi connectivity index (χ3n) is 5.35. The zero-order valence-corrected chi connectivity index (χ0v) is 17.4. The number of carbonyl (C=O) groups is 3. The number of rotatable bonds is 11. The van der Waals surface area contributed by atoms with Crippen molar-refractivity contribution in [3.05, 3.63) is 70.8 Å². The van der Waals surface area contributed by atoms with Crippen molar-refractivity contribution in [2.24, 2.45) is 0 Å². The first kappa shape index (κ1) is 23.1. The third kappa shape index (κ3) is 5.92. The van der Waals surface area contributed by atoms with Gasteiger partial charge in [-0.05, 0) is 41.5 Å². The summed E-state index contributed by atoms with van der Waals surface area (Å²) in [6, 6.07) is 14.9. The molecule has 0 fully saturated rings. The first-order valence-corrected chi connectivity index (χ1v) is 10.3. The van der Waals surface area contributed by atoms with Gasteiger partial charge in [-0.25, -0.2) is 0 Å². The highest BCUT2D eigenvalue weighted by atomic mass is 16.4. The lowest BCUT2D eigenvalue weighted by Crippen LogP contribution is -2.33. The average molecular weight is 411 g/mol. The quantitative estimate of drug-likeness (QED) is 0.522. The number of aliphatic carboxylic acids is 2. The molecule has 0 saturated carbocycles. The van der Waals surface area contributed by atoms with Crippen molar-refractivity contribution >= 4 is 17.8 Å². The first-order chi connectivity index (χ1) is 14.4. The lowest BCUT2D eigenvalue weighted by Gasteiger charge is -2.24. The van der Waals surface area contributed by atoms with Crippen molar-refractivity contribution in [1.29, 1.82) is 0 Å². The summed E-state index contributed by atoms with van der Waals surface area (Å²) in [4.78, 5) is 36.1. The van der Waals surface area contributed by atoms with Gasteiger partial charge in [0.2, 0.25) is 5.91 Å². The topological polar surface area (TPSA) is 104 Å². The summed E-state index contributed by atoms with van der Waals surface area (Å²) in [6.45, 7) is 3.96. The van der Waals surface area contributed by atoms with Crippen LogP contribution in [0.1, 0.15) is 60.8 Å². The minimum absolute atomic E-state index is 0.00223. The number of benzene rings is 2. The fourth-order valence-corrected chi connectivity index (χ4v) is 3.78. The maximum Gasteiger partial charge on any atom is 0.311 e. The fourth-order valence-electron chi connectivity index (χ4n) is 3.78. The highest BCUT2D eigenvalue weighted by Gasteiger charge is 2.31. The molecule has 0 saturated heterocycles. The summed E-state index contributed by atoms with van der Waals surface area (Å²) in [7, 11) is 0. The highest BCUT2D eigenvalue weighted by molar-refractivity contribution is 5.86. The molecule has 0 aliphatic heterocycles. The van der Waals surface area contributed by atoms with Crippen LogP contribution in [-0.2, 0) is 27.2 Å². The minimum Gasteiger partial charge on any atom is -0.481 e. The van der Waals surface area contributed by atoms with E-state index in [9.17, 15) is 19.5 Å². The van der Waals surface area contributed by atoms with Crippen molar-refractivity contribution in [2.45, 2.75) is 51.4 Å². The molecule has 1 amide bonds. The number of aryl methyl sites for hydroxylation is 2. The van der Waals surface area contributed by atoms with Crippen LogP contribution in [-0.4, -0.2) is 34.6 Å². The summed E-state index contributed by atoms with van der Waals surface area (Å²) < 4.78 is 0. The molecule has 0 unspecified atom stereocenters. The fraction of sp³-hybridized carbons (Fsp3) is 0.375. The zero-order valence-electron chi connectivity index (χ0n) is 17.4. The molecule has 160 valence electrons. The number of nitrogens with one attached hydrogen (secondary N) is 1. The van der Waals surface area contributed by atoms with E-state index in [0.717, 1.165) is 16.7 Å². The SMILES string of the molecule is CCc1ccccc1[C@H](C[C@@H](C(=O)NCCC(=O)O)c1ccccc1CC)C(=O)O. The monoisotopic (exact) mass is 411 g/mol. The van der Waals surface area contributed by atoms with Gasteiger partial charge in [-0.2, -0.15) is 0 Å². The smallest absolute Gasteiger partial charge is 0.311 e. The molecule has 30 heavy (non-hydrogen) atoms. The number of hydrogen-bond acceptors (Lipinski definition) is 3. The van der Waals surface area contributed by atoms with Gasteiger partial charge < -0.3 is 15.5 Å². The van der Waals surface area contributed by atoms with Crippen LogP contribution in [0, 0.1) is 0 Å². The molecular formula is C24H29NO5. The van der Waals surface area contributed by atoms with Gasteiger partial charge in [0.15, 0.2) is 0 Å². The van der Waals surface area contributed by atoms with Gasteiger partial charge in [-0.15, -0.1) is 0 Å². The number of carboxylic acid groups (broad SMARTS) is 2. The van der Waals surface area contributed by atoms with Crippen molar-refractivity contribution < 1.29 is 24.6 Å². The van der Waals surface area contributed by atoms with E-state index < -0.39 is 23.8 Å². The van der Waals surface area contributed by atoms with E-state index in [-0.39, 0.29) is 25.3 Å². The molecule has 2 rings (SSSR count). The Morgan fingerprint density at radius 2 is 1.33 bits per heavy atom. The molecule has 0 bridgehead atoms. The molecule has 2 aromatic carbocycles. The highest BCUT2D eigenvalue weighted by Crippen LogP contribution is 2.34. The Labute approximate surface area is 176 Å². The Kier molecular flexibility index (Phi) is 8.59. The maximum absolute atomic E-state index is 13.0. The van der Waals surface area contributed by atoms with Gasteiger partial charge >= 0.3 is 11.9 Å². The second kappa shape index (κ2) is 11.1. The van der Waals surface area contributed by atoms with Gasteiger partial charge in [-0.3, -0.25) is 14.4 Å². The van der Waals surface area contributed by atoms with Crippen molar-refractivity contribution in [2.75, 3.05) is 6.54 Å². The van der Waals surface area contributed by atoms with E-state index in [1.165, 1.54) is 0 Å². The summed E-state index contributed by atoms with van der Waals surface area (Å²) in [5.74, 6) is -3.87. The molecule has 3 N–H and O–H groups in total. The second-order valence-corrected chi connectivity index (χ2v) is 7.22. The van der Waals surface area contributed by atoms with E-state index in [1.807, 2.05) is 62.4 Å². The third-order valence-corrected chi connectivity index (χ3v) is 5.35. The largest absolute Gasteiger partial charge is 0.481 e. The van der Waals surface area contributed by atoms with Crippen LogP contribution in [0.2, 0.25) is 0 Å². The maximum atomic E-state index is 13.0. The summed E-state index contributed by atoms with van der Waals surface area (Å²) >= 11 is 0. The molecular weight excluding hydrogens is 382 g/mol. The summed E-state index contributed by atoms with van der Waals surface area (Å²) in [5, 5.41) is 21.5. The second-order valence-electron chi connectivity index (χ2n) is 7.22. The van der Waals surface area contributed by atoms with Crippen molar-refractivity contribution in [3.8, 4) is 0 Å². The van der Waals surface area contributed by atoms with E-state index in [0.29, 0.717) is 18.4 Å². The number of amides is 1. The lowest BCUT2D eigenvalue weighted by atomic mass is 9.81. The molecule has 0 radical (unpaired) electrons. The Balaban J connectivity index is 2.42. The van der Waals surface area contributed by atoms with E-state index >= 15 is 0 Å². The molecule has 0 aromatic heterocycles. The summed E-state index contributed by atoms with van der Waals surface area (Å²) in [5.41, 5.74) is 3.42. The van der Waals surface area contributed by atoms with Crippen LogP contribution in [0.4, 0.5) is 0 Å². The van der Waals surface area contributed by atoms with Crippen LogP contribution in [0.3, 0.4) is 0 Å². The van der Waals surface area contributed by atoms with Crippen LogP contribution < -0.4 is 5.32 Å². The Morgan fingerprint density at radius 3 is 1.80 bits per heavy atom. The standard InChI is InChI=1S/C24H29NO5/c1-3-16-9-5-7-11-18(16)20(23(28)25-14-13-22(26)27)15-21(24(29)30)19-12-8-6-10-17(19)4-2/h5-12,20-21H,3-4,13-15H2,1-2H3,(H,25,28)(H,26,27)(H,29,30)/t20-,21+/m1/s1. The average Bonchev–Trinajstić information content (AvgIpc) is 2.74. The van der Waals surface area contributed by atoms with Crippen LogP contribution in [0.25, 0.3) is 0 Å². The first-order valence-electron chi connectivity index (χ1n) is 10.3. The molecule has 0 spiro atoms. The Morgan fingerprint density at radius 1 is 0.833 bits per heavy atom. The van der Waals surface area contributed by atoms with Gasteiger partial charge in [-0.1, -0.05) is 62.4 Å². The minimum atomic E-state index is -0.999. The van der Waals surface area contributed by atoms with E-state index in [4.69, 9.17) is 5.11 Å². The number of hydrogen-bond donors (Lipinski definition) is 3. The number of carboxylic acids is 2. The van der Waals surface area contributed by atoms with Crippen molar-refractivity contribution in [1.82, 2.24) is 5.32 Å². The molecule has 0 aliphatic carbocycles. The molecule has 2 aromatic rings. The van der Waals surface area contributed by atoms with Crippen LogP contribution in [0.5, 0.6) is 0 Å². The predicted octanol–water partition coefficient (Wildman–Crippen LogP) is 3.74. The van der Waals surface area contributed by atoms with Gasteiger partial charge in [0.1, 0.15) is 0 Å². The van der Waals surface area contributed by atoms with Gasteiger partial charge in [0.05, 0.1) is 18.3 Å². The molecule has 6 heteroatoms. The Bertz CT molecular complexity index is 893. The zero-order chi connectivity index (χ0) is 22.1. The molecule has 0 heterocycles. The predicted molar refractivity (Wildman–Crippen MR) is 115 cm³/mol.